The Balaban J connectivity index is 1.54. The fraction of sp³-hybridized carbons (Fsp3) is 0.0526. The molecule has 27 heavy (non-hydrogen) atoms. The lowest BCUT2D eigenvalue weighted by molar-refractivity contribution is 0.103. The van der Waals surface area contributed by atoms with Crippen LogP contribution in [0.2, 0.25) is 10.0 Å². The Bertz CT molecular complexity index is 989. The summed E-state index contributed by atoms with van der Waals surface area (Å²) in [5, 5.41) is 7.63. The van der Waals surface area contributed by atoms with Crippen LogP contribution in [0, 0.1) is 0 Å². The third kappa shape index (κ3) is 5.23. The van der Waals surface area contributed by atoms with Crippen molar-refractivity contribution < 1.29 is 9.63 Å². The van der Waals surface area contributed by atoms with E-state index >= 15 is 0 Å². The predicted molar refractivity (Wildman–Crippen MR) is 112 cm³/mol. The molecular weight excluding hydrogens is 405 g/mol. The molecule has 0 fully saturated rings. The molecule has 3 rings (SSSR count). The lowest BCUT2D eigenvalue weighted by atomic mass is 10.2. The van der Waals surface area contributed by atoms with Crippen LogP contribution in [0.4, 0.5) is 11.4 Å². The third-order valence-corrected chi connectivity index (χ3v) is 5.32. The quantitative estimate of drug-likeness (QED) is 0.317. The average molecular weight is 420 g/mol. The van der Waals surface area contributed by atoms with Crippen LogP contribution in [0.5, 0.6) is 0 Å². The van der Waals surface area contributed by atoms with E-state index in [9.17, 15) is 4.79 Å². The molecule has 0 spiro atoms. The molecule has 3 N–H and O–H groups in total. The van der Waals surface area contributed by atoms with Crippen molar-refractivity contribution >= 4 is 58.0 Å². The van der Waals surface area contributed by atoms with E-state index < -0.39 is 0 Å². The number of nitrogen functional groups attached to an aromatic ring is 1. The molecular formula is C19H15Cl2N3O2S. The highest BCUT2D eigenvalue weighted by molar-refractivity contribution is 7.14. The number of amides is 1. The van der Waals surface area contributed by atoms with Crippen LogP contribution in [-0.4, -0.2) is 12.1 Å². The van der Waals surface area contributed by atoms with Crippen molar-refractivity contribution in [3.63, 3.8) is 0 Å². The number of oxime groups is 1. The zero-order chi connectivity index (χ0) is 19.2. The van der Waals surface area contributed by atoms with Gasteiger partial charge in [-0.1, -0.05) is 46.6 Å². The van der Waals surface area contributed by atoms with E-state index in [0.717, 1.165) is 10.4 Å². The Morgan fingerprint density at radius 3 is 2.74 bits per heavy atom. The van der Waals surface area contributed by atoms with Gasteiger partial charge in [0.05, 0.1) is 32.5 Å². The molecule has 8 heteroatoms. The number of halogens is 2. The van der Waals surface area contributed by atoms with Gasteiger partial charge in [0.15, 0.2) is 6.61 Å². The first-order valence-electron chi connectivity index (χ1n) is 7.88. The smallest absolute Gasteiger partial charge is 0.265 e. The highest BCUT2D eigenvalue weighted by Gasteiger charge is 2.11. The summed E-state index contributed by atoms with van der Waals surface area (Å²) in [6.45, 7) is 0.253. The lowest BCUT2D eigenvalue weighted by Crippen LogP contribution is -2.11. The Labute approximate surface area is 170 Å². The summed E-state index contributed by atoms with van der Waals surface area (Å²) in [7, 11) is 0. The van der Waals surface area contributed by atoms with Crippen molar-refractivity contribution in [2.75, 3.05) is 11.1 Å². The summed E-state index contributed by atoms with van der Waals surface area (Å²) in [6, 6.07) is 15.8. The van der Waals surface area contributed by atoms with Gasteiger partial charge in [-0.2, -0.15) is 0 Å². The van der Waals surface area contributed by atoms with Gasteiger partial charge in [-0.05, 0) is 42.0 Å². The molecule has 0 radical (unpaired) electrons. The summed E-state index contributed by atoms with van der Waals surface area (Å²) < 4.78 is 0. The number of para-hydroxylation sites is 2. The average Bonchev–Trinajstić information content (AvgIpc) is 3.13. The van der Waals surface area contributed by atoms with E-state index in [1.807, 2.05) is 18.2 Å². The Morgan fingerprint density at radius 1 is 1.15 bits per heavy atom. The van der Waals surface area contributed by atoms with Crippen molar-refractivity contribution in [1.29, 1.82) is 0 Å². The number of rotatable bonds is 6. The molecule has 0 aliphatic carbocycles. The van der Waals surface area contributed by atoms with Crippen LogP contribution in [0.3, 0.4) is 0 Å². The standard InChI is InChI=1S/C19H15Cl2N3O2S/c20-14-7-5-12(9-15(14)21)10-23-26-11-13-6-8-18(27-13)19(25)24-17-4-2-1-3-16(17)22/h1-10H,11,22H2,(H,24,25)/b23-10+. The molecule has 0 saturated heterocycles. The van der Waals surface area contributed by atoms with Gasteiger partial charge in [-0.15, -0.1) is 11.3 Å². The molecule has 3 aromatic rings. The largest absolute Gasteiger partial charge is 0.397 e. The molecule has 0 saturated carbocycles. The molecule has 1 heterocycles. The molecule has 1 aromatic heterocycles. The maximum absolute atomic E-state index is 12.3. The Hall–Kier alpha value is -2.54. The van der Waals surface area contributed by atoms with E-state index in [0.29, 0.717) is 26.3 Å². The molecule has 0 aliphatic rings. The molecule has 0 bridgehead atoms. The van der Waals surface area contributed by atoms with Crippen molar-refractivity contribution in [2.24, 2.45) is 5.16 Å². The summed E-state index contributed by atoms with van der Waals surface area (Å²) in [5.41, 5.74) is 7.71. The van der Waals surface area contributed by atoms with Crippen molar-refractivity contribution in [1.82, 2.24) is 0 Å². The zero-order valence-electron chi connectivity index (χ0n) is 14.0. The SMILES string of the molecule is Nc1ccccc1NC(=O)c1ccc(CO/N=C/c2ccc(Cl)c(Cl)c2)s1. The monoisotopic (exact) mass is 419 g/mol. The van der Waals surface area contributed by atoms with E-state index in [2.05, 4.69) is 10.5 Å². The number of nitrogens with two attached hydrogens (primary N) is 1. The second-order valence-electron chi connectivity index (χ2n) is 5.49. The van der Waals surface area contributed by atoms with Crippen LogP contribution in [0.25, 0.3) is 0 Å². The highest BCUT2D eigenvalue weighted by atomic mass is 35.5. The highest BCUT2D eigenvalue weighted by Crippen LogP contribution is 2.23. The molecule has 5 nitrogen and oxygen atoms in total. The first kappa shape index (κ1) is 19.2. The minimum Gasteiger partial charge on any atom is -0.397 e. The Kier molecular flexibility index (Phi) is 6.34. The van der Waals surface area contributed by atoms with Crippen LogP contribution in [-0.2, 0) is 11.4 Å². The van der Waals surface area contributed by atoms with Crippen LogP contribution in [0.15, 0.2) is 59.8 Å². The van der Waals surface area contributed by atoms with Crippen molar-refractivity contribution in [2.45, 2.75) is 6.61 Å². The summed E-state index contributed by atoms with van der Waals surface area (Å²) in [6.07, 6.45) is 1.54. The van der Waals surface area contributed by atoms with Gasteiger partial charge in [0, 0.05) is 4.88 Å². The predicted octanol–water partition coefficient (Wildman–Crippen LogP) is 5.44. The number of nitrogens with one attached hydrogen (secondary N) is 1. The number of thiophene rings is 1. The minimum atomic E-state index is -0.219. The number of hydrogen-bond donors (Lipinski definition) is 2. The topological polar surface area (TPSA) is 76.7 Å². The van der Waals surface area contributed by atoms with Crippen LogP contribution >= 0.6 is 34.5 Å². The molecule has 0 unspecified atom stereocenters. The minimum absolute atomic E-state index is 0.219. The summed E-state index contributed by atoms with van der Waals surface area (Å²) in [4.78, 5) is 19.0. The number of benzene rings is 2. The normalized spacial score (nSPS) is 10.9. The maximum Gasteiger partial charge on any atom is 0.265 e. The number of carbonyl (C=O) groups excluding carboxylic acids is 1. The lowest BCUT2D eigenvalue weighted by Gasteiger charge is -2.06. The van der Waals surface area contributed by atoms with Gasteiger partial charge in [0.25, 0.3) is 5.91 Å². The molecule has 0 aliphatic heterocycles. The van der Waals surface area contributed by atoms with Gasteiger partial charge < -0.3 is 15.9 Å². The van der Waals surface area contributed by atoms with Crippen molar-refractivity contribution in [3.05, 3.63) is 80.0 Å². The van der Waals surface area contributed by atoms with Gasteiger partial charge in [-0.3, -0.25) is 4.79 Å². The van der Waals surface area contributed by atoms with E-state index in [-0.39, 0.29) is 12.5 Å². The number of nitrogens with zero attached hydrogens (tertiary/aromatic N) is 1. The summed E-state index contributed by atoms with van der Waals surface area (Å²) >= 11 is 13.1. The van der Waals surface area contributed by atoms with E-state index in [1.165, 1.54) is 11.3 Å². The van der Waals surface area contributed by atoms with Gasteiger partial charge in [0.2, 0.25) is 0 Å². The fourth-order valence-corrected chi connectivity index (χ4v) is 3.28. The van der Waals surface area contributed by atoms with E-state index in [4.69, 9.17) is 33.8 Å². The second kappa shape index (κ2) is 8.90. The first-order valence-corrected chi connectivity index (χ1v) is 9.45. The third-order valence-electron chi connectivity index (χ3n) is 3.52. The van der Waals surface area contributed by atoms with Crippen LogP contribution < -0.4 is 11.1 Å². The number of anilines is 2. The van der Waals surface area contributed by atoms with Gasteiger partial charge >= 0.3 is 0 Å². The second-order valence-corrected chi connectivity index (χ2v) is 7.47. The van der Waals surface area contributed by atoms with Crippen LogP contribution in [0.1, 0.15) is 20.1 Å². The maximum atomic E-state index is 12.3. The first-order chi connectivity index (χ1) is 13.0. The fourth-order valence-electron chi connectivity index (χ4n) is 2.16. The Morgan fingerprint density at radius 2 is 1.96 bits per heavy atom. The number of carbonyl (C=O) groups is 1. The summed E-state index contributed by atoms with van der Waals surface area (Å²) in [5.74, 6) is -0.219. The molecule has 2 aromatic carbocycles. The van der Waals surface area contributed by atoms with Gasteiger partial charge in [0.1, 0.15) is 0 Å². The molecule has 0 atom stereocenters. The molecule has 1 amide bonds. The van der Waals surface area contributed by atoms with Crippen molar-refractivity contribution in [3.8, 4) is 0 Å². The zero-order valence-corrected chi connectivity index (χ0v) is 16.3. The van der Waals surface area contributed by atoms with Gasteiger partial charge in [-0.25, -0.2) is 0 Å². The number of hydrogen-bond acceptors (Lipinski definition) is 5. The van der Waals surface area contributed by atoms with E-state index in [1.54, 1.807) is 42.6 Å². The molecule has 138 valence electrons.